The van der Waals surface area contributed by atoms with E-state index < -0.39 is 37.4 Å². The molecule has 4 rings (SSSR count). The van der Waals surface area contributed by atoms with Gasteiger partial charge in [-0.1, -0.05) is 0 Å². The molecular weight excluding hydrogens is 489 g/mol. The molecule has 0 aliphatic heterocycles. The van der Waals surface area contributed by atoms with E-state index in [4.69, 9.17) is 5.11 Å². The van der Waals surface area contributed by atoms with Crippen molar-refractivity contribution in [1.29, 1.82) is 0 Å². The molecule has 4 aromatic rings. The molecule has 0 aliphatic carbocycles. The minimum absolute atomic E-state index is 0.387. The second-order valence-corrected chi connectivity index (χ2v) is 13.5. The van der Waals surface area contributed by atoms with Gasteiger partial charge in [0.1, 0.15) is 11.6 Å². The van der Waals surface area contributed by atoms with Crippen molar-refractivity contribution >= 4 is 36.5 Å². The number of carbonyl (C=O) groups is 1. The van der Waals surface area contributed by atoms with Gasteiger partial charge in [0.25, 0.3) is 0 Å². The van der Waals surface area contributed by atoms with Crippen LogP contribution in [-0.2, 0) is 0 Å². The molecule has 1 N–H and O–H groups in total. The molecule has 2 nitrogen and oxygen atoms in total. The van der Waals surface area contributed by atoms with Gasteiger partial charge in [-0.15, -0.1) is 0 Å². The molecule has 1 radical (unpaired) electrons. The van der Waals surface area contributed by atoms with E-state index in [-0.39, 0.29) is 5.56 Å². The van der Waals surface area contributed by atoms with Crippen molar-refractivity contribution in [2.24, 2.45) is 0 Å². The fraction of sp³-hybridized carbons (Fsp3) is 0. The van der Waals surface area contributed by atoms with Crippen LogP contribution >= 0.6 is 0 Å². The van der Waals surface area contributed by atoms with Crippen molar-refractivity contribution in [3.05, 3.63) is 126 Å². The predicted molar refractivity (Wildman–Crippen MR) is 117 cm³/mol. The standard InChI is InChI=1S/C7H4F2O2.3C6H5.Sn/c8-5-1-4(7(10)11)2-6(9)3-5;3*1-2-4-6-5-3-1;/h1-3H,(H,10,11);3*1-5H;. The number of halogens is 2. The van der Waals surface area contributed by atoms with Crippen LogP contribution in [0.15, 0.2) is 109 Å². The first-order valence-corrected chi connectivity index (χ1v) is 13.6. The number of carboxylic acid groups (broad SMARTS) is 1. The summed E-state index contributed by atoms with van der Waals surface area (Å²) < 4.78 is 29.2. The Labute approximate surface area is 181 Å². The fourth-order valence-electron chi connectivity index (χ4n) is 2.99. The van der Waals surface area contributed by atoms with Crippen LogP contribution in [0.2, 0.25) is 0 Å². The van der Waals surface area contributed by atoms with Crippen molar-refractivity contribution in [2.75, 3.05) is 0 Å². The molecule has 0 aromatic heterocycles. The molecule has 4 aromatic carbocycles. The van der Waals surface area contributed by atoms with Gasteiger partial charge < -0.3 is 5.11 Å². The van der Waals surface area contributed by atoms with E-state index in [0.29, 0.717) is 6.07 Å². The number of rotatable bonds is 4. The Morgan fingerprint density at radius 1 is 0.600 bits per heavy atom. The van der Waals surface area contributed by atoms with E-state index in [1.54, 1.807) is 0 Å². The molecule has 149 valence electrons. The molecule has 0 atom stereocenters. The summed E-state index contributed by atoms with van der Waals surface area (Å²) in [7, 11) is 0. The van der Waals surface area contributed by atoms with Crippen LogP contribution in [0.25, 0.3) is 0 Å². The molecule has 0 spiro atoms. The Bertz CT molecular complexity index is 974. The second-order valence-electron chi connectivity index (χ2n) is 6.44. The predicted octanol–water partition coefficient (Wildman–Crippen LogP) is 3.87. The summed E-state index contributed by atoms with van der Waals surface area (Å²) >= 11 is -1.98. The average Bonchev–Trinajstić information content (AvgIpc) is 2.76. The zero-order valence-electron chi connectivity index (χ0n) is 16.0. The Kier molecular flexibility index (Phi) is 7.74. The van der Waals surface area contributed by atoms with Gasteiger partial charge in [-0.3, -0.25) is 0 Å². The Balaban J connectivity index is 0.000000199. The molecule has 0 heterocycles. The summed E-state index contributed by atoms with van der Waals surface area (Å²) in [6.45, 7) is 0. The summed E-state index contributed by atoms with van der Waals surface area (Å²) in [4.78, 5) is 10.2. The Morgan fingerprint density at radius 2 is 0.933 bits per heavy atom. The summed E-state index contributed by atoms with van der Waals surface area (Å²) in [5, 5.41) is 8.30. The zero-order chi connectivity index (χ0) is 21.3. The van der Waals surface area contributed by atoms with Gasteiger partial charge in [0, 0.05) is 6.07 Å². The first kappa shape index (κ1) is 21.7. The van der Waals surface area contributed by atoms with Gasteiger partial charge in [-0.05, 0) is 12.1 Å². The van der Waals surface area contributed by atoms with Gasteiger partial charge in [0.05, 0.1) is 5.56 Å². The molecule has 0 saturated heterocycles. The average molecular weight is 508 g/mol. The molecule has 0 amide bonds. The van der Waals surface area contributed by atoms with Crippen LogP contribution in [0.5, 0.6) is 0 Å². The van der Waals surface area contributed by atoms with Gasteiger partial charge in [-0.25, -0.2) is 13.6 Å². The van der Waals surface area contributed by atoms with Crippen LogP contribution in [-0.4, -0.2) is 30.8 Å². The number of benzene rings is 4. The van der Waals surface area contributed by atoms with Crippen LogP contribution in [0, 0.1) is 11.6 Å². The third kappa shape index (κ3) is 6.00. The topological polar surface area (TPSA) is 37.3 Å². The third-order valence-corrected chi connectivity index (χ3v) is 12.1. The van der Waals surface area contributed by atoms with Crippen LogP contribution in [0.4, 0.5) is 8.78 Å². The van der Waals surface area contributed by atoms with Crippen LogP contribution in [0.3, 0.4) is 0 Å². The van der Waals surface area contributed by atoms with Crippen molar-refractivity contribution in [2.45, 2.75) is 0 Å². The fourth-order valence-corrected chi connectivity index (χ4v) is 10.3. The SMILES string of the molecule is O=C(O)c1cc(F)cc(F)c1.c1cc[c]([Sn]([c]2ccccc2)[c]2ccccc2)cc1. The first-order valence-electron chi connectivity index (χ1n) is 9.27. The monoisotopic (exact) mass is 509 g/mol. The molecule has 5 heteroatoms. The Morgan fingerprint density at radius 3 is 1.23 bits per heavy atom. The van der Waals surface area contributed by atoms with Crippen molar-refractivity contribution in [3.8, 4) is 0 Å². The van der Waals surface area contributed by atoms with Crippen molar-refractivity contribution in [1.82, 2.24) is 0 Å². The molecular formula is C25H19F2O2Sn. The summed E-state index contributed by atoms with van der Waals surface area (Å²) in [5.41, 5.74) is -0.387. The first-order chi connectivity index (χ1) is 14.5. The number of hydrogen-bond donors (Lipinski definition) is 1. The van der Waals surface area contributed by atoms with Gasteiger partial charge >= 0.3 is 127 Å². The minimum atomic E-state index is -1.98. The van der Waals surface area contributed by atoms with E-state index in [1.807, 2.05) is 0 Å². The van der Waals surface area contributed by atoms with Crippen molar-refractivity contribution < 1.29 is 18.7 Å². The van der Waals surface area contributed by atoms with E-state index >= 15 is 0 Å². The Hall–Kier alpha value is -2.99. The quantitative estimate of drug-likeness (QED) is 0.426. The maximum absolute atomic E-state index is 12.3. The summed E-state index contributed by atoms with van der Waals surface area (Å²) in [6, 6.07) is 35.1. The molecule has 0 saturated carbocycles. The third-order valence-electron chi connectivity index (χ3n) is 4.30. The van der Waals surface area contributed by atoms with E-state index in [0.717, 1.165) is 12.1 Å². The van der Waals surface area contributed by atoms with Gasteiger partial charge in [0.15, 0.2) is 0 Å². The maximum atomic E-state index is 12.3. The van der Waals surface area contributed by atoms with E-state index in [1.165, 1.54) is 10.7 Å². The molecule has 0 unspecified atom stereocenters. The van der Waals surface area contributed by atoms with Crippen LogP contribution in [0.1, 0.15) is 10.4 Å². The molecule has 0 aliphatic rings. The van der Waals surface area contributed by atoms with E-state index in [9.17, 15) is 13.6 Å². The zero-order valence-corrected chi connectivity index (χ0v) is 18.9. The number of hydrogen-bond acceptors (Lipinski definition) is 1. The number of carboxylic acids is 1. The summed E-state index contributed by atoms with van der Waals surface area (Å²) in [6.07, 6.45) is 0. The van der Waals surface area contributed by atoms with Crippen LogP contribution < -0.4 is 10.7 Å². The second kappa shape index (κ2) is 10.7. The van der Waals surface area contributed by atoms with Crippen molar-refractivity contribution in [3.63, 3.8) is 0 Å². The van der Waals surface area contributed by atoms with Gasteiger partial charge in [0.2, 0.25) is 0 Å². The molecule has 30 heavy (non-hydrogen) atoms. The molecule has 0 fully saturated rings. The summed E-state index contributed by atoms with van der Waals surface area (Å²) in [5.74, 6) is -3.12. The van der Waals surface area contributed by atoms with E-state index in [2.05, 4.69) is 91.0 Å². The normalized spacial score (nSPS) is 10.2. The molecule has 0 bridgehead atoms. The van der Waals surface area contributed by atoms with Gasteiger partial charge in [-0.2, -0.15) is 0 Å². The number of aromatic carboxylic acids is 1.